The molecule has 0 bridgehead atoms. The zero-order valence-electron chi connectivity index (χ0n) is 17.6. The van der Waals surface area contributed by atoms with Crippen molar-refractivity contribution >= 4 is 17.9 Å². The van der Waals surface area contributed by atoms with E-state index in [9.17, 15) is 22.8 Å². The number of rotatable bonds is 8. The number of carbonyl (C=O) groups excluding carboxylic acids is 2. The quantitative estimate of drug-likeness (QED) is 0.385. The number of ether oxygens (including phenoxy) is 1. The topological polar surface area (TPSA) is 80.6 Å². The van der Waals surface area contributed by atoms with Gasteiger partial charge in [0.2, 0.25) is 0 Å². The Hall–Kier alpha value is -3.85. The van der Waals surface area contributed by atoms with Gasteiger partial charge < -0.3 is 19.8 Å². The fourth-order valence-electron chi connectivity index (χ4n) is 2.88. The Bertz CT molecular complexity index is 1140. The lowest BCUT2D eigenvalue weighted by molar-refractivity contribution is -0.137. The molecule has 0 unspecified atom stereocenters. The van der Waals surface area contributed by atoms with Gasteiger partial charge in [-0.2, -0.15) is 13.2 Å². The number of carbonyl (C=O) groups is 2. The smallest absolute Gasteiger partial charge is 0.416 e. The molecular weight excluding hydrogens is 437 g/mol. The van der Waals surface area contributed by atoms with Crippen LogP contribution >= 0.6 is 0 Å². The number of halogens is 3. The summed E-state index contributed by atoms with van der Waals surface area (Å²) in [4.78, 5) is 25.1. The molecule has 0 aliphatic carbocycles. The second-order valence-corrected chi connectivity index (χ2v) is 6.91. The van der Waals surface area contributed by atoms with Crippen LogP contribution < -0.4 is 10.6 Å². The van der Waals surface area contributed by atoms with Gasteiger partial charge in [0.05, 0.1) is 12.2 Å². The Morgan fingerprint density at radius 1 is 1.03 bits per heavy atom. The van der Waals surface area contributed by atoms with Gasteiger partial charge >= 0.3 is 6.18 Å². The molecule has 6 nitrogen and oxygen atoms in total. The lowest BCUT2D eigenvalue weighted by Gasteiger charge is -2.10. The van der Waals surface area contributed by atoms with Crippen LogP contribution in [0.2, 0.25) is 0 Å². The molecule has 3 aromatic rings. The van der Waals surface area contributed by atoms with Crippen LogP contribution in [0.25, 0.3) is 17.4 Å². The highest BCUT2D eigenvalue weighted by Crippen LogP contribution is 2.32. The molecule has 1 aromatic heterocycles. The summed E-state index contributed by atoms with van der Waals surface area (Å²) < 4.78 is 49.6. The Kier molecular flexibility index (Phi) is 7.68. The van der Waals surface area contributed by atoms with Gasteiger partial charge in [-0.3, -0.25) is 9.59 Å². The monoisotopic (exact) mass is 458 g/mol. The molecule has 3 rings (SSSR count). The minimum absolute atomic E-state index is 0.0927. The van der Waals surface area contributed by atoms with E-state index in [1.807, 2.05) is 0 Å². The third-order valence-electron chi connectivity index (χ3n) is 4.51. The van der Waals surface area contributed by atoms with Gasteiger partial charge in [-0.1, -0.05) is 30.3 Å². The third-order valence-corrected chi connectivity index (χ3v) is 4.51. The van der Waals surface area contributed by atoms with Crippen molar-refractivity contribution in [2.24, 2.45) is 0 Å². The molecular formula is C24H21F3N2O4. The summed E-state index contributed by atoms with van der Waals surface area (Å²) in [5.41, 5.74) is -0.326. The van der Waals surface area contributed by atoms with Gasteiger partial charge in [-0.15, -0.1) is 0 Å². The van der Waals surface area contributed by atoms with Gasteiger partial charge in [0.15, 0.2) is 0 Å². The molecule has 172 valence electrons. The summed E-state index contributed by atoms with van der Waals surface area (Å²) in [6.07, 6.45) is -3.18. The fourth-order valence-corrected chi connectivity index (χ4v) is 2.88. The predicted octanol–water partition coefficient (Wildman–Crippen LogP) is 4.50. The Morgan fingerprint density at radius 2 is 1.79 bits per heavy atom. The number of furan rings is 1. The molecule has 2 aromatic carbocycles. The zero-order valence-corrected chi connectivity index (χ0v) is 17.6. The lowest BCUT2D eigenvalue weighted by Crippen LogP contribution is -2.36. The maximum Gasteiger partial charge on any atom is 0.416 e. The van der Waals surface area contributed by atoms with Crippen LogP contribution in [0, 0.1) is 0 Å². The van der Waals surface area contributed by atoms with Crippen molar-refractivity contribution < 1.29 is 31.9 Å². The molecule has 2 amide bonds. The van der Waals surface area contributed by atoms with Gasteiger partial charge in [0.25, 0.3) is 11.8 Å². The van der Waals surface area contributed by atoms with Crippen molar-refractivity contribution in [3.63, 3.8) is 0 Å². The van der Waals surface area contributed by atoms with Crippen LogP contribution in [-0.4, -0.2) is 32.1 Å². The first-order valence-electron chi connectivity index (χ1n) is 9.90. The van der Waals surface area contributed by atoms with Crippen LogP contribution in [0.3, 0.4) is 0 Å². The highest BCUT2D eigenvalue weighted by atomic mass is 19.4. The SMILES string of the molecule is COCCNC(=O)C(=Cc1ccc(-c2cccc(C(F)(F)F)c2)o1)NC(=O)c1ccccc1. The molecule has 0 atom stereocenters. The highest BCUT2D eigenvalue weighted by Gasteiger charge is 2.30. The van der Waals surface area contributed by atoms with Gasteiger partial charge in [-0.25, -0.2) is 0 Å². The predicted molar refractivity (Wildman–Crippen MR) is 116 cm³/mol. The molecule has 0 saturated heterocycles. The first kappa shape index (κ1) is 23.8. The summed E-state index contributed by atoms with van der Waals surface area (Å²) in [6, 6.07) is 16.0. The fraction of sp³-hybridized carbons (Fsp3) is 0.167. The van der Waals surface area contributed by atoms with Crippen LogP contribution in [0.5, 0.6) is 0 Å². The van der Waals surface area contributed by atoms with E-state index >= 15 is 0 Å². The van der Waals surface area contributed by atoms with Crippen molar-refractivity contribution in [3.05, 3.63) is 89.3 Å². The van der Waals surface area contributed by atoms with E-state index in [0.717, 1.165) is 12.1 Å². The van der Waals surface area contributed by atoms with Crippen molar-refractivity contribution in [1.82, 2.24) is 10.6 Å². The maximum atomic E-state index is 13.0. The van der Waals surface area contributed by atoms with E-state index < -0.39 is 23.6 Å². The van der Waals surface area contributed by atoms with Crippen LogP contribution in [-0.2, 0) is 15.7 Å². The largest absolute Gasteiger partial charge is 0.457 e. The van der Waals surface area contributed by atoms with E-state index in [4.69, 9.17) is 9.15 Å². The first-order valence-corrected chi connectivity index (χ1v) is 9.90. The van der Waals surface area contributed by atoms with Gasteiger partial charge in [0.1, 0.15) is 17.2 Å². The molecule has 0 fully saturated rings. The Labute approximate surface area is 188 Å². The molecule has 1 heterocycles. The van der Waals surface area contributed by atoms with E-state index in [2.05, 4.69) is 10.6 Å². The maximum absolute atomic E-state index is 13.0. The van der Waals surface area contributed by atoms with Crippen LogP contribution in [0.15, 0.2) is 76.8 Å². The summed E-state index contributed by atoms with van der Waals surface area (Å²) in [5, 5.41) is 5.16. The first-order chi connectivity index (χ1) is 15.8. The van der Waals surface area contributed by atoms with Crippen LogP contribution in [0.4, 0.5) is 13.2 Å². The average molecular weight is 458 g/mol. The summed E-state index contributed by atoms with van der Waals surface area (Å²) in [6.45, 7) is 0.480. The molecule has 0 radical (unpaired) electrons. The Balaban J connectivity index is 1.87. The zero-order chi connectivity index (χ0) is 23.8. The van der Waals surface area contributed by atoms with Gasteiger partial charge in [0, 0.05) is 30.9 Å². The van der Waals surface area contributed by atoms with E-state index in [1.54, 1.807) is 30.3 Å². The average Bonchev–Trinajstić information content (AvgIpc) is 3.27. The number of nitrogens with one attached hydrogen (secondary N) is 2. The van der Waals surface area contributed by atoms with E-state index in [1.165, 1.54) is 37.5 Å². The summed E-state index contributed by atoms with van der Waals surface area (Å²) >= 11 is 0. The number of hydrogen-bond donors (Lipinski definition) is 2. The van der Waals surface area contributed by atoms with Crippen molar-refractivity contribution in [3.8, 4) is 11.3 Å². The highest BCUT2D eigenvalue weighted by molar-refractivity contribution is 6.05. The molecule has 9 heteroatoms. The minimum Gasteiger partial charge on any atom is -0.457 e. The Morgan fingerprint density at radius 3 is 2.48 bits per heavy atom. The number of hydrogen-bond acceptors (Lipinski definition) is 4. The normalized spacial score (nSPS) is 11.8. The second-order valence-electron chi connectivity index (χ2n) is 6.91. The third kappa shape index (κ3) is 6.56. The number of methoxy groups -OCH3 is 1. The second kappa shape index (κ2) is 10.6. The van der Waals surface area contributed by atoms with E-state index in [-0.39, 0.29) is 35.9 Å². The lowest BCUT2D eigenvalue weighted by atomic mass is 10.1. The number of alkyl halides is 3. The summed E-state index contributed by atoms with van der Waals surface area (Å²) in [7, 11) is 1.48. The molecule has 0 spiro atoms. The minimum atomic E-state index is -4.49. The number of amides is 2. The number of benzene rings is 2. The van der Waals surface area contributed by atoms with Crippen LogP contribution in [0.1, 0.15) is 21.7 Å². The molecule has 0 aliphatic heterocycles. The van der Waals surface area contributed by atoms with E-state index in [0.29, 0.717) is 5.56 Å². The van der Waals surface area contributed by atoms with Crippen molar-refractivity contribution in [2.75, 3.05) is 20.3 Å². The van der Waals surface area contributed by atoms with Gasteiger partial charge in [-0.05, 0) is 36.4 Å². The summed E-state index contributed by atoms with van der Waals surface area (Å²) in [5.74, 6) is -0.727. The molecule has 0 saturated carbocycles. The molecule has 33 heavy (non-hydrogen) atoms. The van der Waals surface area contributed by atoms with Crippen molar-refractivity contribution in [1.29, 1.82) is 0 Å². The molecule has 0 aliphatic rings. The standard InChI is InChI=1S/C24H21F3N2O4/c1-32-13-12-28-23(31)20(29-22(30)16-6-3-2-4-7-16)15-19-10-11-21(33-19)17-8-5-9-18(14-17)24(25,26)27/h2-11,14-15H,12-13H2,1H3,(H,28,31)(H,29,30). The van der Waals surface area contributed by atoms with Crippen molar-refractivity contribution in [2.45, 2.75) is 6.18 Å². The molecule has 2 N–H and O–H groups in total.